The van der Waals surface area contributed by atoms with Crippen molar-refractivity contribution in [1.29, 1.82) is 0 Å². The van der Waals surface area contributed by atoms with Gasteiger partial charge in [0.25, 0.3) is 5.91 Å². The van der Waals surface area contributed by atoms with Crippen LogP contribution in [0.25, 0.3) is 0 Å². The van der Waals surface area contributed by atoms with Crippen LogP contribution in [0.4, 0.5) is 5.69 Å². The molecule has 0 radical (unpaired) electrons. The number of hydrogen-bond acceptors (Lipinski definition) is 8. The van der Waals surface area contributed by atoms with Gasteiger partial charge in [-0.15, -0.1) is 0 Å². The van der Waals surface area contributed by atoms with Crippen molar-refractivity contribution < 1.29 is 33.4 Å². The van der Waals surface area contributed by atoms with Crippen LogP contribution < -0.4 is 29.0 Å². The first-order valence-corrected chi connectivity index (χ1v) is 8.49. The molecule has 10 heteroatoms. The summed E-state index contributed by atoms with van der Waals surface area (Å²) in [5, 5.41) is 14.1. The Morgan fingerprint density at radius 2 is 1.59 bits per heavy atom. The van der Waals surface area contributed by atoms with E-state index >= 15 is 0 Å². The number of benzene rings is 2. The summed E-state index contributed by atoms with van der Waals surface area (Å²) in [7, 11) is 5.48. The number of nitrogens with zero attached hydrogens (tertiary/aromatic N) is 1. The number of ether oxygens (including phenoxy) is 5. The Balaban J connectivity index is 2.13. The Bertz CT molecular complexity index is 868. The molecular weight excluding hydrogens is 384 g/mol. The third-order valence-electron chi connectivity index (χ3n) is 3.95. The highest BCUT2D eigenvalue weighted by atomic mass is 16.6. The number of hydrogen-bond donors (Lipinski definition) is 1. The Morgan fingerprint density at radius 3 is 2.10 bits per heavy atom. The summed E-state index contributed by atoms with van der Waals surface area (Å²) in [5.74, 6) is 0.584. The molecule has 0 aliphatic carbocycles. The Kier molecular flexibility index (Phi) is 7.47. The van der Waals surface area contributed by atoms with Crippen molar-refractivity contribution in [2.24, 2.45) is 0 Å². The van der Waals surface area contributed by atoms with Crippen molar-refractivity contribution in [2.75, 3.05) is 41.6 Å². The van der Waals surface area contributed by atoms with Crippen LogP contribution in [0, 0.1) is 10.1 Å². The first-order valence-electron chi connectivity index (χ1n) is 8.49. The number of nitrogens with one attached hydrogen (secondary N) is 1. The van der Waals surface area contributed by atoms with Gasteiger partial charge in [-0.1, -0.05) is 0 Å². The highest BCUT2D eigenvalue weighted by Crippen LogP contribution is 2.46. The second-order valence-corrected chi connectivity index (χ2v) is 5.58. The van der Waals surface area contributed by atoms with Crippen LogP contribution >= 0.6 is 0 Å². The minimum absolute atomic E-state index is 0.0288. The summed E-state index contributed by atoms with van der Waals surface area (Å²) in [6.07, 6.45) is 0. The van der Waals surface area contributed by atoms with Crippen LogP contribution in [-0.2, 0) is 0 Å². The standard InChI is InChI=1S/C19H22N2O8/c1-25-12-5-7-13(8-6-12)29-10-9-20-19(22)14-11-15(26-2)17(27-3)18(28-4)16(14)21(23)24/h5-8,11H,9-10H2,1-4H3,(H,20,22). The van der Waals surface area contributed by atoms with E-state index in [1.807, 2.05) is 0 Å². The molecule has 29 heavy (non-hydrogen) atoms. The molecule has 2 aromatic rings. The number of carbonyl (C=O) groups is 1. The maximum Gasteiger partial charge on any atom is 0.327 e. The smallest absolute Gasteiger partial charge is 0.327 e. The average Bonchev–Trinajstić information content (AvgIpc) is 2.74. The average molecular weight is 406 g/mol. The molecule has 0 saturated heterocycles. The maximum absolute atomic E-state index is 12.6. The number of nitro benzene ring substituents is 1. The molecule has 0 unspecified atom stereocenters. The zero-order valence-corrected chi connectivity index (χ0v) is 16.5. The molecular formula is C19H22N2O8. The van der Waals surface area contributed by atoms with E-state index in [-0.39, 0.29) is 36.0 Å². The van der Waals surface area contributed by atoms with Crippen LogP contribution in [0.2, 0.25) is 0 Å². The van der Waals surface area contributed by atoms with Crippen molar-refractivity contribution in [2.45, 2.75) is 0 Å². The molecule has 0 aliphatic rings. The third kappa shape index (κ3) is 4.98. The summed E-state index contributed by atoms with van der Waals surface area (Å²) >= 11 is 0. The van der Waals surface area contributed by atoms with Crippen LogP contribution in [0.1, 0.15) is 10.4 Å². The first-order chi connectivity index (χ1) is 14.0. The van der Waals surface area contributed by atoms with Crippen LogP contribution in [0.15, 0.2) is 30.3 Å². The van der Waals surface area contributed by atoms with E-state index in [4.69, 9.17) is 23.7 Å². The number of nitro groups is 1. The predicted octanol–water partition coefficient (Wildman–Crippen LogP) is 2.44. The van der Waals surface area contributed by atoms with E-state index in [1.165, 1.54) is 27.4 Å². The molecule has 2 aromatic carbocycles. The fourth-order valence-corrected chi connectivity index (χ4v) is 2.60. The summed E-state index contributed by atoms with van der Waals surface area (Å²) in [4.78, 5) is 23.4. The second-order valence-electron chi connectivity index (χ2n) is 5.58. The van der Waals surface area contributed by atoms with Gasteiger partial charge in [0, 0.05) is 6.07 Å². The molecule has 1 amide bonds. The van der Waals surface area contributed by atoms with Crippen molar-refractivity contribution in [3.05, 3.63) is 46.0 Å². The zero-order valence-electron chi connectivity index (χ0n) is 16.5. The Hall–Kier alpha value is -3.69. The third-order valence-corrected chi connectivity index (χ3v) is 3.95. The lowest BCUT2D eigenvalue weighted by Gasteiger charge is -2.15. The van der Waals surface area contributed by atoms with Gasteiger partial charge in [0.2, 0.25) is 11.5 Å². The van der Waals surface area contributed by atoms with E-state index in [9.17, 15) is 14.9 Å². The monoisotopic (exact) mass is 406 g/mol. The number of carbonyl (C=O) groups excluding carboxylic acids is 1. The lowest BCUT2D eigenvalue weighted by atomic mass is 10.1. The minimum atomic E-state index is -0.705. The van der Waals surface area contributed by atoms with Gasteiger partial charge in [-0.05, 0) is 24.3 Å². The van der Waals surface area contributed by atoms with E-state index in [2.05, 4.69) is 5.32 Å². The van der Waals surface area contributed by atoms with Gasteiger partial charge in [0.15, 0.2) is 5.75 Å². The van der Waals surface area contributed by atoms with Crippen molar-refractivity contribution in [1.82, 2.24) is 5.32 Å². The van der Waals surface area contributed by atoms with E-state index in [1.54, 1.807) is 31.4 Å². The summed E-state index contributed by atoms with van der Waals surface area (Å²) < 4.78 is 26.0. The molecule has 156 valence electrons. The second kappa shape index (κ2) is 10.0. The van der Waals surface area contributed by atoms with Crippen molar-refractivity contribution in [3.63, 3.8) is 0 Å². The van der Waals surface area contributed by atoms with Gasteiger partial charge in [-0.25, -0.2) is 0 Å². The van der Waals surface area contributed by atoms with E-state index in [0.29, 0.717) is 11.5 Å². The molecule has 10 nitrogen and oxygen atoms in total. The largest absolute Gasteiger partial charge is 0.497 e. The fraction of sp³-hybridized carbons (Fsp3) is 0.316. The maximum atomic E-state index is 12.6. The first kappa shape index (κ1) is 21.6. The quantitative estimate of drug-likeness (QED) is 0.363. The number of methoxy groups -OCH3 is 4. The van der Waals surface area contributed by atoms with Crippen LogP contribution in [-0.4, -0.2) is 52.4 Å². The van der Waals surface area contributed by atoms with Gasteiger partial charge in [0.05, 0.1) is 39.9 Å². The molecule has 2 rings (SSSR count). The fourth-order valence-electron chi connectivity index (χ4n) is 2.60. The normalized spacial score (nSPS) is 10.1. The molecule has 1 N–H and O–H groups in total. The van der Waals surface area contributed by atoms with Crippen molar-refractivity contribution in [3.8, 4) is 28.7 Å². The lowest BCUT2D eigenvalue weighted by Crippen LogP contribution is -2.28. The Morgan fingerprint density at radius 1 is 0.966 bits per heavy atom. The molecule has 0 aromatic heterocycles. The highest BCUT2D eigenvalue weighted by Gasteiger charge is 2.32. The predicted molar refractivity (Wildman–Crippen MR) is 104 cm³/mol. The molecule has 0 fully saturated rings. The molecule has 0 atom stereocenters. The number of rotatable bonds is 10. The molecule has 0 aliphatic heterocycles. The molecule has 0 spiro atoms. The zero-order chi connectivity index (χ0) is 21.4. The summed E-state index contributed by atoms with van der Waals surface area (Å²) in [6.45, 7) is 0.287. The van der Waals surface area contributed by atoms with Gasteiger partial charge in [0.1, 0.15) is 23.7 Å². The van der Waals surface area contributed by atoms with Gasteiger partial charge in [-0.2, -0.15) is 0 Å². The topological polar surface area (TPSA) is 118 Å². The van der Waals surface area contributed by atoms with Crippen LogP contribution in [0.3, 0.4) is 0 Å². The molecule has 0 bridgehead atoms. The van der Waals surface area contributed by atoms with Crippen LogP contribution in [0.5, 0.6) is 28.7 Å². The summed E-state index contributed by atoms with van der Waals surface area (Å²) in [5.41, 5.74) is -0.729. The SMILES string of the molecule is COc1ccc(OCCNC(=O)c2cc(OC)c(OC)c(OC)c2[N+](=O)[O-])cc1. The summed E-state index contributed by atoms with van der Waals surface area (Å²) in [6, 6.07) is 8.18. The number of amides is 1. The molecule has 0 heterocycles. The van der Waals surface area contributed by atoms with E-state index in [0.717, 1.165) is 0 Å². The highest BCUT2D eigenvalue weighted by molar-refractivity contribution is 6.00. The van der Waals surface area contributed by atoms with E-state index < -0.39 is 16.5 Å². The minimum Gasteiger partial charge on any atom is -0.497 e. The van der Waals surface area contributed by atoms with Gasteiger partial charge in [-0.3, -0.25) is 14.9 Å². The van der Waals surface area contributed by atoms with Gasteiger partial charge >= 0.3 is 5.69 Å². The van der Waals surface area contributed by atoms with Crippen molar-refractivity contribution >= 4 is 11.6 Å². The van der Waals surface area contributed by atoms with Gasteiger partial charge < -0.3 is 29.0 Å². The molecule has 0 saturated carbocycles. The Labute approximate surface area is 167 Å². The lowest BCUT2D eigenvalue weighted by molar-refractivity contribution is -0.386.